The first kappa shape index (κ1) is 26.9. The van der Waals surface area contributed by atoms with Gasteiger partial charge < -0.3 is 4.43 Å². The molecule has 0 amide bonds. The van der Waals surface area contributed by atoms with Crippen LogP contribution in [0.25, 0.3) is 0 Å². The van der Waals surface area contributed by atoms with Gasteiger partial charge in [-0.05, 0) is 37.2 Å². The highest BCUT2D eigenvalue weighted by atomic mass is 32.2. The summed E-state index contributed by atoms with van der Waals surface area (Å²) in [7, 11) is -7.00. The molecule has 0 spiro atoms. The van der Waals surface area contributed by atoms with Crippen LogP contribution in [-0.4, -0.2) is 48.8 Å². The molecule has 1 aromatic carbocycles. The summed E-state index contributed by atoms with van der Waals surface area (Å²) in [6.07, 6.45) is 3.79. The molecule has 0 radical (unpaired) electrons. The summed E-state index contributed by atoms with van der Waals surface area (Å²) in [4.78, 5) is 0.300. The molecular formula is C23H39NO3SSi2. The second kappa shape index (κ2) is 10.4. The summed E-state index contributed by atoms with van der Waals surface area (Å²) in [5.41, 5.74) is 4.29. The van der Waals surface area contributed by atoms with E-state index in [-0.39, 0.29) is 18.1 Å². The number of sulfonamides is 1. The second-order valence-electron chi connectivity index (χ2n) is 10.2. The van der Waals surface area contributed by atoms with E-state index in [1.54, 1.807) is 12.1 Å². The largest absolute Gasteiger partial charge is 0.413 e. The predicted octanol–water partition coefficient (Wildman–Crippen LogP) is 5.44. The Morgan fingerprint density at radius 3 is 2.10 bits per heavy atom. The Balaban J connectivity index is 2.96. The Bertz CT molecular complexity index is 882. The normalized spacial score (nSPS) is 13.5. The van der Waals surface area contributed by atoms with Crippen molar-refractivity contribution in [3.8, 4) is 11.5 Å². The van der Waals surface area contributed by atoms with Crippen LogP contribution in [0.5, 0.6) is 0 Å². The summed E-state index contributed by atoms with van der Waals surface area (Å²) in [5.74, 6) is 3.10. The molecule has 0 aliphatic heterocycles. The number of hydrogen-bond acceptors (Lipinski definition) is 3. The molecule has 0 fully saturated rings. The fourth-order valence-electron chi connectivity index (χ4n) is 2.23. The van der Waals surface area contributed by atoms with Crippen molar-refractivity contribution >= 4 is 26.4 Å². The lowest BCUT2D eigenvalue weighted by molar-refractivity contribution is 0.327. The maximum absolute atomic E-state index is 13.2. The molecule has 0 N–H and O–H groups in total. The van der Waals surface area contributed by atoms with Gasteiger partial charge in [0, 0.05) is 6.54 Å². The van der Waals surface area contributed by atoms with Crippen molar-refractivity contribution in [3.05, 3.63) is 42.0 Å². The van der Waals surface area contributed by atoms with E-state index in [1.165, 1.54) is 4.31 Å². The molecule has 30 heavy (non-hydrogen) atoms. The fraction of sp³-hybridized carbons (Fsp3) is 0.565. The minimum absolute atomic E-state index is 0.147. The quantitative estimate of drug-likeness (QED) is 0.291. The van der Waals surface area contributed by atoms with Crippen molar-refractivity contribution in [2.45, 2.75) is 70.4 Å². The molecule has 0 atom stereocenters. The van der Waals surface area contributed by atoms with Gasteiger partial charge in [0.1, 0.15) is 8.07 Å². The van der Waals surface area contributed by atoms with E-state index in [4.69, 9.17) is 4.43 Å². The second-order valence-corrected chi connectivity index (χ2v) is 21.7. The smallest absolute Gasteiger partial charge is 0.244 e. The molecule has 0 bridgehead atoms. The van der Waals surface area contributed by atoms with Crippen LogP contribution in [0, 0.1) is 18.4 Å². The zero-order chi connectivity index (χ0) is 23.2. The van der Waals surface area contributed by atoms with Gasteiger partial charge in [-0.15, -0.1) is 5.54 Å². The Morgan fingerprint density at radius 1 is 1.03 bits per heavy atom. The molecule has 1 aromatic rings. The third-order valence-electron chi connectivity index (χ3n) is 5.20. The molecule has 0 saturated carbocycles. The molecule has 0 aromatic heterocycles. The Morgan fingerprint density at radius 2 is 1.60 bits per heavy atom. The zero-order valence-corrected chi connectivity index (χ0v) is 23.0. The Labute approximate surface area is 186 Å². The topological polar surface area (TPSA) is 46.6 Å². The molecule has 4 nitrogen and oxygen atoms in total. The summed E-state index contributed by atoms with van der Waals surface area (Å²) < 4.78 is 33.9. The van der Waals surface area contributed by atoms with Crippen LogP contribution in [0.4, 0.5) is 0 Å². The summed E-state index contributed by atoms with van der Waals surface area (Å²) in [5, 5.41) is 0.147. The predicted molar refractivity (Wildman–Crippen MR) is 133 cm³/mol. The van der Waals surface area contributed by atoms with Crippen molar-refractivity contribution in [1.29, 1.82) is 0 Å². The molecule has 0 aliphatic rings. The van der Waals surface area contributed by atoms with Crippen molar-refractivity contribution in [2.24, 2.45) is 0 Å². The number of nitrogens with zero attached hydrogens (tertiary/aromatic N) is 1. The lowest BCUT2D eigenvalue weighted by Gasteiger charge is -2.35. The number of rotatable bonds is 8. The monoisotopic (exact) mass is 465 g/mol. The van der Waals surface area contributed by atoms with Crippen molar-refractivity contribution < 1.29 is 12.8 Å². The third kappa shape index (κ3) is 8.52. The van der Waals surface area contributed by atoms with Crippen molar-refractivity contribution in [1.82, 2.24) is 4.31 Å². The van der Waals surface area contributed by atoms with Gasteiger partial charge in [0.05, 0.1) is 18.0 Å². The van der Waals surface area contributed by atoms with Gasteiger partial charge in [0.2, 0.25) is 10.0 Å². The maximum Gasteiger partial charge on any atom is 0.244 e. The molecule has 0 saturated heterocycles. The molecule has 1 rings (SSSR count). The molecular weight excluding hydrogens is 426 g/mol. The fourth-order valence-corrected chi connectivity index (χ4v) is 5.08. The van der Waals surface area contributed by atoms with Gasteiger partial charge in [-0.1, -0.05) is 76.2 Å². The Kier molecular flexibility index (Phi) is 9.33. The average molecular weight is 466 g/mol. The van der Waals surface area contributed by atoms with Gasteiger partial charge >= 0.3 is 0 Å². The van der Waals surface area contributed by atoms with Gasteiger partial charge in [0.15, 0.2) is 8.32 Å². The summed E-state index contributed by atoms with van der Waals surface area (Å²) in [6, 6.07) is 6.96. The first-order chi connectivity index (χ1) is 13.6. The van der Waals surface area contributed by atoms with E-state index in [2.05, 4.69) is 65.0 Å². The lowest BCUT2D eigenvalue weighted by atomic mass is 10.2. The van der Waals surface area contributed by atoms with Crippen LogP contribution in [0.1, 0.15) is 26.3 Å². The summed E-state index contributed by atoms with van der Waals surface area (Å²) >= 11 is 0. The molecule has 0 aliphatic carbocycles. The standard InChI is InChI=1S/C23H39NO3SSi2/c1-21-13-15-22(16-14-21)28(25,26)24(18-12-20-29(5,6)7)17-10-11-19-27-30(8,9)23(2,3)4/h10-11,13-16H,17-19H2,1-9H3/b11-10+. The van der Waals surface area contributed by atoms with Crippen LogP contribution in [-0.2, 0) is 14.4 Å². The van der Waals surface area contributed by atoms with E-state index < -0.39 is 26.4 Å². The van der Waals surface area contributed by atoms with Crippen LogP contribution in [0.15, 0.2) is 41.3 Å². The number of aryl methyl sites for hydroxylation is 1. The molecule has 0 heterocycles. The Hall–Kier alpha value is -1.18. The highest BCUT2D eigenvalue weighted by Crippen LogP contribution is 2.36. The van der Waals surface area contributed by atoms with Gasteiger partial charge in [0.25, 0.3) is 0 Å². The van der Waals surface area contributed by atoms with Crippen LogP contribution in [0.2, 0.25) is 37.8 Å². The van der Waals surface area contributed by atoms with E-state index in [0.717, 1.165) is 5.56 Å². The zero-order valence-electron chi connectivity index (χ0n) is 20.2. The molecule has 168 valence electrons. The van der Waals surface area contributed by atoms with E-state index in [1.807, 2.05) is 31.2 Å². The summed E-state index contributed by atoms with van der Waals surface area (Å²) in [6.45, 7) is 20.4. The SMILES string of the molecule is Cc1ccc(S(=O)(=O)N(CC#C[Si](C)(C)C)C/C=C/CO[Si](C)(C)C(C)(C)C)cc1. The van der Waals surface area contributed by atoms with Crippen LogP contribution in [0.3, 0.4) is 0 Å². The average Bonchev–Trinajstić information content (AvgIpc) is 2.58. The van der Waals surface area contributed by atoms with Crippen molar-refractivity contribution in [2.75, 3.05) is 19.7 Å². The van der Waals surface area contributed by atoms with Gasteiger partial charge in [-0.2, -0.15) is 4.31 Å². The van der Waals surface area contributed by atoms with Crippen LogP contribution >= 0.6 is 0 Å². The highest BCUT2D eigenvalue weighted by molar-refractivity contribution is 7.89. The first-order valence-electron chi connectivity index (χ1n) is 10.4. The lowest BCUT2D eigenvalue weighted by Crippen LogP contribution is -2.40. The van der Waals surface area contributed by atoms with Crippen molar-refractivity contribution in [3.63, 3.8) is 0 Å². The number of benzene rings is 1. The first-order valence-corrected chi connectivity index (χ1v) is 18.3. The highest BCUT2D eigenvalue weighted by Gasteiger charge is 2.36. The van der Waals surface area contributed by atoms with E-state index in [9.17, 15) is 8.42 Å². The minimum atomic E-state index is -3.61. The van der Waals surface area contributed by atoms with Gasteiger partial charge in [-0.3, -0.25) is 0 Å². The molecule has 0 unspecified atom stereocenters. The van der Waals surface area contributed by atoms with Gasteiger partial charge in [-0.25, -0.2) is 8.42 Å². The van der Waals surface area contributed by atoms with E-state index >= 15 is 0 Å². The van der Waals surface area contributed by atoms with Crippen LogP contribution < -0.4 is 0 Å². The number of hydrogen-bond donors (Lipinski definition) is 0. The maximum atomic E-state index is 13.2. The van der Waals surface area contributed by atoms with E-state index in [0.29, 0.717) is 11.5 Å². The third-order valence-corrected chi connectivity index (χ3v) is 12.5. The molecule has 7 heteroatoms. The minimum Gasteiger partial charge on any atom is -0.413 e.